The van der Waals surface area contributed by atoms with E-state index in [4.69, 9.17) is 4.99 Å². The fourth-order valence-corrected chi connectivity index (χ4v) is 7.09. The topological polar surface area (TPSA) is 29.6 Å². The largest absolute Gasteiger partial charge is 0.309 e. The highest BCUT2D eigenvalue weighted by molar-refractivity contribution is 6.11. The van der Waals surface area contributed by atoms with Crippen LogP contribution in [0, 0.1) is 19.8 Å². The van der Waals surface area contributed by atoms with Crippen molar-refractivity contribution in [1.29, 1.82) is 0 Å². The van der Waals surface area contributed by atoms with Crippen LogP contribution >= 0.6 is 0 Å². The summed E-state index contributed by atoms with van der Waals surface area (Å²) < 4.78 is 2.45. The number of fused-ring (bicyclic) bond motifs is 3. The lowest BCUT2D eigenvalue weighted by Crippen LogP contribution is -2.01. The molecule has 1 aromatic heterocycles. The first-order chi connectivity index (χ1) is 25.0. The number of amidine groups is 1. The van der Waals surface area contributed by atoms with Gasteiger partial charge in [-0.3, -0.25) is 0 Å². The molecular formula is C48H39N3. The number of nitrogens with zero attached hydrogens (tertiary/aromatic N) is 3. The van der Waals surface area contributed by atoms with Gasteiger partial charge in [0.1, 0.15) is 0 Å². The molecule has 0 saturated heterocycles. The zero-order valence-corrected chi connectivity index (χ0v) is 29.1. The van der Waals surface area contributed by atoms with Crippen LogP contribution in [0.1, 0.15) is 34.2 Å². The molecule has 0 N–H and O–H groups in total. The molecule has 1 heterocycles. The molecule has 7 aromatic rings. The second-order valence-electron chi connectivity index (χ2n) is 13.3. The highest BCUT2D eigenvalue weighted by Crippen LogP contribution is 2.40. The number of aryl methyl sites for hydroxylation is 2. The van der Waals surface area contributed by atoms with Crippen LogP contribution in [-0.2, 0) is 0 Å². The van der Waals surface area contributed by atoms with E-state index in [1.807, 2.05) is 30.3 Å². The van der Waals surface area contributed by atoms with E-state index < -0.39 is 0 Å². The van der Waals surface area contributed by atoms with Gasteiger partial charge in [0.15, 0.2) is 5.84 Å². The van der Waals surface area contributed by atoms with Crippen molar-refractivity contribution >= 4 is 46.1 Å². The molecule has 8 rings (SSSR count). The van der Waals surface area contributed by atoms with Crippen molar-refractivity contribution in [2.45, 2.75) is 20.3 Å². The van der Waals surface area contributed by atoms with Crippen molar-refractivity contribution in [2.24, 2.45) is 15.9 Å². The van der Waals surface area contributed by atoms with Crippen LogP contribution in [0.2, 0.25) is 0 Å². The highest BCUT2D eigenvalue weighted by Gasteiger charge is 2.19. The molecule has 0 spiro atoms. The summed E-state index contributed by atoms with van der Waals surface area (Å²) in [5.74, 6) is 1.18. The van der Waals surface area contributed by atoms with Crippen LogP contribution in [0.3, 0.4) is 0 Å². The third kappa shape index (κ3) is 6.31. The van der Waals surface area contributed by atoms with Gasteiger partial charge in [-0.2, -0.15) is 0 Å². The lowest BCUT2D eigenvalue weighted by molar-refractivity contribution is 0.946. The zero-order chi connectivity index (χ0) is 34.9. The van der Waals surface area contributed by atoms with Crippen LogP contribution < -0.4 is 0 Å². The van der Waals surface area contributed by atoms with Crippen LogP contribution in [0.15, 0.2) is 168 Å². The molecule has 0 amide bonds. The van der Waals surface area contributed by atoms with Crippen molar-refractivity contribution in [3.63, 3.8) is 0 Å². The molecule has 246 valence electrons. The van der Waals surface area contributed by atoms with Crippen LogP contribution in [0.5, 0.6) is 0 Å². The van der Waals surface area contributed by atoms with Gasteiger partial charge < -0.3 is 4.57 Å². The second kappa shape index (κ2) is 13.5. The smallest absolute Gasteiger partial charge is 0.159 e. The monoisotopic (exact) mass is 657 g/mol. The Kier molecular flexibility index (Phi) is 8.47. The maximum Gasteiger partial charge on any atom is 0.159 e. The third-order valence-electron chi connectivity index (χ3n) is 9.82. The molecule has 6 aromatic carbocycles. The summed E-state index contributed by atoms with van der Waals surface area (Å²) in [6.07, 6.45) is 10.1. The van der Waals surface area contributed by atoms with Gasteiger partial charge in [0.25, 0.3) is 0 Å². The Morgan fingerprint density at radius 1 is 0.686 bits per heavy atom. The molecule has 1 aliphatic carbocycles. The SMILES string of the molecule is C=N/C(=N\C(=C)c1ccc(-c2c(C)cccc2-n2c3ccc(/C=C/CC4C=C4)cc3c3cc(-c4ccccc4)ccc32)c(C)c1)c1ccccc1. The molecule has 3 nitrogen and oxygen atoms in total. The van der Waals surface area contributed by atoms with Crippen LogP contribution in [0.4, 0.5) is 0 Å². The minimum atomic E-state index is 0.559. The number of hydrogen-bond acceptors (Lipinski definition) is 1. The molecule has 0 saturated carbocycles. The summed E-state index contributed by atoms with van der Waals surface area (Å²) in [6.45, 7) is 12.4. The first-order valence-electron chi connectivity index (χ1n) is 17.5. The van der Waals surface area contributed by atoms with Crippen molar-refractivity contribution in [3.8, 4) is 27.9 Å². The summed E-state index contributed by atoms with van der Waals surface area (Å²) in [7, 11) is 0. The average molecular weight is 658 g/mol. The van der Waals surface area contributed by atoms with E-state index in [2.05, 4.69) is 164 Å². The van der Waals surface area contributed by atoms with E-state index in [1.54, 1.807) is 0 Å². The summed E-state index contributed by atoms with van der Waals surface area (Å²) in [5.41, 5.74) is 14.4. The van der Waals surface area contributed by atoms with Crippen molar-refractivity contribution in [1.82, 2.24) is 4.57 Å². The van der Waals surface area contributed by atoms with Crippen molar-refractivity contribution in [3.05, 3.63) is 186 Å². The molecule has 0 radical (unpaired) electrons. The van der Waals surface area contributed by atoms with Gasteiger partial charge >= 0.3 is 0 Å². The Morgan fingerprint density at radius 2 is 1.41 bits per heavy atom. The van der Waals surface area contributed by atoms with Gasteiger partial charge in [0.05, 0.1) is 22.4 Å². The number of aromatic nitrogens is 1. The first-order valence-corrected chi connectivity index (χ1v) is 17.5. The molecule has 0 unspecified atom stereocenters. The van der Waals surface area contributed by atoms with Crippen molar-refractivity contribution in [2.75, 3.05) is 0 Å². The fourth-order valence-electron chi connectivity index (χ4n) is 7.09. The number of aliphatic imine (C=N–C) groups is 2. The Labute approximate surface area is 300 Å². The number of rotatable bonds is 9. The van der Waals surface area contributed by atoms with Gasteiger partial charge in [-0.1, -0.05) is 128 Å². The molecule has 1 aliphatic rings. The number of allylic oxidation sites excluding steroid dienone is 3. The summed E-state index contributed by atoms with van der Waals surface area (Å²) in [4.78, 5) is 8.97. The van der Waals surface area contributed by atoms with Crippen molar-refractivity contribution < 1.29 is 0 Å². The Morgan fingerprint density at radius 3 is 2.14 bits per heavy atom. The maximum atomic E-state index is 4.77. The molecule has 0 atom stereocenters. The minimum Gasteiger partial charge on any atom is -0.309 e. The summed E-state index contributed by atoms with van der Waals surface area (Å²) in [6, 6.07) is 47.4. The Balaban J connectivity index is 1.26. The van der Waals surface area contributed by atoms with E-state index in [0.29, 0.717) is 17.5 Å². The summed E-state index contributed by atoms with van der Waals surface area (Å²) in [5, 5.41) is 2.48. The van der Waals surface area contributed by atoms with Gasteiger partial charge in [0, 0.05) is 21.9 Å². The lowest BCUT2D eigenvalue weighted by Gasteiger charge is -2.19. The highest BCUT2D eigenvalue weighted by atomic mass is 15.0. The number of benzene rings is 6. The quantitative estimate of drug-likeness (QED) is 0.0840. The molecule has 51 heavy (non-hydrogen) atoms. The van der Waals surface area contributed by atoms with E-state index in [1.165, 1.54) is 55.2 Å². The molecule has 0 bridgehead atoms. The normalized spacial score (nSPS) is 13.0. The molecule has 3 heteroatoms. The third-order valence-corrected chi connectivity index (χ3v) is 9.82. The van der Waals surface area contributed by atoms with E-state index in [0.717, 1.165) is 28.8 Å². The number of hydrogen-bond donors (Lipinski definition) is 0. The fraction of sp³-hybridized carbons (Fsp3) is 0.0833. The van der Waals surface area contributed by atoms with Gasteiger partial charge in [-0.05, 0) is 108 Å². The predicted molar refractivity (Wildman–Crippen MR) is 219 cm³/mol. The minimum absolute atomic E-state index is 0.559. The van der Waals surface area contributed by atoms with E-state index in [9.17, 15) is 0 Å². The predicted octanol–water partition coefficient (Wildman–Crippen LogP) is 12.4. The first kappa shape index (κ1) is 31.9. The maximum absolute atomic E-state index is 4.77. The van der Waals surface area contributed by atoms with E-state index in [-0.39, 0.29) is 0 Å². The van der Waals surface area contributed by atoms with Gasteiger partial charge in [-0.25, -0.2) is 9.98 Å². The lowest BCUT2D eigenvalue weighted by atomic mass is 9.93. The molecule has 0 fully saturated rings. The van der Waals surface area contributed by atoms with Gasteiger partial charge in [-0.15, -0.1) is 0 Å². The second-order valence-corrected chi connectivity index (χ2v) is 13.3. The average Bonchev–Trinajstić information content (AvgIpc) is 3.94. The van der Waals surface area contributed by atoms with Crippen LogP contribution in [-0.4, -0.2) is 17.1 Å². The Bertz CT molecular complexity index is 2540. The molecular weight excluding hydrogens is 619 g/mol. The Hall–Kier alpha value is -6.32. The standard InChI is InChI=1S/C48H39N3/c1-32-13-11-20-46(47(32)41-26-24-39(29-33(41)2)34(3)50-48(49-4)38-18-9-6-10-19-38)51-44-27-23-36(15-12-14-35-21-22-35)30-42(44)43-31-40(25-28-45(43)51)37-16-7-5-8-17-37/h5-13,15-31,35H,3-4,14H2,1-2H3/b15-12+,50-48-. The zero-order valence-electron chi connectivity index (χ0n) is 29.1. The molecule has 0 aliphatic heterocycles. The van der Waals surface area contributed by atoms with Gasteiger partial charge in [0.2, 0.25) is 0 Å². The van der Waals surface area contributed by atoms with Crippen LogP contribution in [0.25, 0.3) is 61.5 Å². The summed E-state index contributed by atoms with van der Waals surface area (Å²) >= 11 is 0. The van der Waals surface area contributed by atoms with E-state index >= 15 is 0 Å².